The maximum absolute atomic E-state index is 12.8. The number of nitrogens with zero attached hydrogens (tertiary/aromatic N) is 1. The Morgan fingerprint density at radius 1 is 1.00 bits per heavy atom. The number of benzene rings is 3. The summed E-state index contributed by atoms with van der Waals surface area (Å²) in [6.45, 7) is 2.55. The Balaban J connectivity index is 1.59. The van der Waals surface area contributed by atoms with E-state index in [-0.39, 0.29) is 11.7 Å². The molecule has 1 aliphatic heterocycles. The van der Waals surface area contributed by atoms with Crippen LogP contribution in [-0.4, -0.2) is 20.9 Å². The number of fused-ring (bicyclic) bond motifs is 2. The first kappa shape index (κ1) is 18.5. The van der Waals surface area contributed by atoms with Crippen LogP contribution in [0.15, 0.2) is 60.7 Å². The summed E-state index contributed by atoms with van der Waals surface area (Å²) >= 11 is 0. The van der Waals surface area contributed by atoms with Crippen molar-refractivity contribution in [2.24, 2.45) is 0 Å². The molecule has 144 valence electrons. The molecule has 1 amide bonds. The number of amides is 1. The van der Waals surface area contributed by atoms with Gasteiger partial charge in [0.05, 0.1) is 5.75 Å². The zero-order valence-corrected chi connectivity index (χ0v) is 16.5. The highest BCUT2D eigenvalue weighted by molar-refractivity contribution is 7.91. The molecule has 0 bridgehead atoms. The lowest BCUT2D eigenvalue weighted by atomic mass is 10.0. The molecule has 1 heterocycles. The molecule has 1 aliphatic rings. The molecular formula is C22H22N2O3S. The van der Waals surface area contributed by atoms with E-state index in [1.165, 1.54) is 0 Å². The molecule has 0 atom stereocenters. The Hall–Kier alpha value is -2.86. The van der Waals surface area contributed by atoms with E-state index in [4.69, 9.17) is 0 Å². The second-order valence-electron chi connectivity index (χ2n) is 6.98. The summed E-state index contributed by atoms with van der Waals surface area (Å²) in [4.78, 5) is 13.8. The minimum atomic E-state index is -3.57. The van der Waals surface area contributed by atoms with Crippen LogP contribution in [0.25, 0.3) is 10.8 Å². The predicted molar refractivity (Wildman–Crippen MR) is 113 cm³/mol. The molecule has 5 nitrogen and oxygen atoms in total. The smallest absolute Gasteiger partial charge is 0.236 e. The highest BCUT2D eigenvalue weighted by Gasteiger charge is 2.23. The van der Waals surface area contributed by atoms with E-state index in [1.54, 1.807) is 11.0 Å². The minimum absolute atomic E-state index is 0.0923. The number of sulfonamides is 1. The lowest BCUT2D eigenvalue weighted by Crippen LogP contribution is -2.34. The molecule has 3 aromatic rings. The Bertz CT molecular complexity index is 1150. The third-order valence-corrected chi connectivity index (χ3v) is 6.33. The fraction of sp³-hybridized carbons (Fsp3) is 0.227. The predicted octanol–water partition coefficient (Wildman–Crippen LogP) is 4.08. The van der Waals surface area contributed by atoms with Crippen LogP contribution in [0.1, 0.15) is 24.5 Å². The van der Waals surface area contributed by atoms with Crippen LogP contribution < -0.4 is 9.62 Å². The van der Waals surface area contributed by atoms with Crippen molar-refractivity contribution in [3.8, 4) is 0 Å². The van der Waals surface area contributed by atoms with Gasteiger partial charge in [-0.3, -0.25) is 9.52 Å². The fourth-order valence-corrected chi connectivity index (χ4v) is 5.03. The average Bonchev–Trinajstić information content (AvgIpc) is 2.68. The lowest BCUT2D eigenvalue weighted by molar-refractivity contribution is -0.118. The molecule has 0 spiro atoms. The Morgan fingerprint density at radius 2 is 1.79 bits per heavy atom. The summed E-state index contributed by atoms with van der Waals surface area (Å²) in [5.74, 6) is 0.0182. The zero-order chi connectivity index (χ0) is 19.7. The topological polar surface area (TPSA) is 66.5 Å². The normalized spacial score (nSPS) is 14.2. The number of rotatable bonds is 5. The van der Waals surface area contributed by atoms with Gasteiger partial charge in [-0.2, -0.15) is 0 Å². The maximum atomic E-state index is 12.8. The number of carbonyl (C=O) groups is 1. The van der Waals surface area contributed by atoms with Gasteiger partial charge in [0.15, 0.2) is 0 Å². The van der Waals surface area contributed by atoms with Gasteiger partial charge in [-0.1, -0.05) is 42.5 Å². The van der Waals surface area contributed by atoms with Gasteiger partial charge in [0.2, 0.25) is 15.9 Å². The molecule has 0 saturated carbocycles. The van der Waals surface area contributed by atoms with E-state index in [0.717, 1.165) is 27.6 Å². The van der Waals surface area contributed by atoms with Gasteiger partial charge < -0.3 is 4.90 Å². The van der Waals surface area contributed by atoms with Crippen LogP contribution in [0.4, 0.5) is 11.4 Å². The van der Waals surface area contributed by atoms with E-state index in [0.29, 0.717) is 25.1 Å². The van der Waals surface area contributed by atoms with Crippen LogP contribution in [0.5, 0.6) is 0 Å². The van der Waals surface area contributed by atoms with E-state index < -0.39 is 10.0 Å². The van der Waals surface area contributed by atoms with Gasteiger partial charge in [-0.25, -0.2) is 8.42 Å². The van der Waals surface area contributed by atoms with Crippen LogP contribution >= 0.6 is 0 Å². The van der Waals surface area contributed by atoms with E-state index >= 15 is 0 Å². The Labute approximate surface area is 165 Å². The average molecular weight is 394 g/mol. The Kier molecular flexibility index (Phi) is 4.81. The van der Waals surface area contributed by atoms with Gasteiger partial charge >= 0.3 is 0 Å². The van der Waals surface area contributed by atoms with Crippen molar-refractivity contribution < 1.29 is 13.2 Å². The molecular weight excluding hydrogens is 372 g/mol. The first-order valence-corrected chi connectivity index (χ1v) is 11.0. The summed E-state index contributed by atoms with van der Waals surface area (Å²) in [5.41, 5.74) is 3.17. The van der Waals surface area contributed by atoms with Crippen LogP contribution in [-0.2, 0) is 27.0 Å². The third-order valence-electron chi connectivity index (χ3n) is 5.09. The second kappa shape index (κ2) is 7.28. The summed E-state index contributed by atoms with van der Waals surface area (Å²) < 4.78 is 28.3. The van der Waals surface area contributed by atoms with Gasteiger partial charge in [0.1, 0.15) is 0 Å². The molecule has 28 heavy (non-hydrogen) atoms. The van der Waals surface area contributed by atoms with Crippen molar-refractivity contribution in [2.45, 2.75) is 25.5 Å². The van der Waals surface area contributed by atoms with Gasteiger partial charge in [0.25, 0.3) is 0 Å². The standard InChI is InChI=1S/C22H22N2O3S/c1-2-24-21-12-11-19(14-17(21)10-13-22(24)25)23-28(26,27)15-18-8-5-7-16-6-3-4-9-20(16)18/h3-9,11-12,14,23H,2,10,13,15H2,1H3. The number of hydrogen-bond acceptors (Lipinski definition) is 3. The quantitative estimate of drug-likeness (QED) is 0.709. The van der Waals surface area contributed by atoms with Crippen molar-refractivity contribution in [3.63, 3.8) is 0 Å². The van der Waals surface area contributed by atoms with Crippen molar-refractivity contribution in [1.82, 2.24) is 0 Å². The number of carbonyl (C=O) groups excluding carboxylic acids is 1. The zero-order valence-electron chi connectivity index (χ0n) is 15.7. The minimum Gasteiger partial charge on any atom is -0.312 e. The SMILES string of the molecule is CCN1C(=O)CCc2cc(NS(=O)(=O)Cc3cccc4ccccc34)ccc21. The molecule has 1 N–H and O–H groups in total. The molecule has 6 heteroatoms. The number of hydrogen-bond donors (Lipinski definition) is 1. The van der Waals surface area contributed by atoms with Crippen LogP contribution in [0, 0.1) is 0 Å². The molecule has 3 aromatic carbocycles. The molecule has 0 saturated heterocycles. The highest BCUT2D eigenvalue weighted by atomic mass is 32.2. The molecule has 0 aromatic heterocycles. The van der Waals surface area contributed by atoms with Gasteiger partial charge in [-0.15, -0.1) is 0 Å². The molecule has 0 aliphatic carbocycles. The van der Waals surface area contributed by atoms with Gasteiger partial charge in [0, 0.05) is 24.3 Å². The van der Waals surface area contributed by atoms with Crippen LogP contribution in [0.3, 0.4) is 0 Å². The molecule has 0 unspecified atom stereocenters. The number of aryl methyl sites for hydroxylation is 1. The second-order valence-corrected chi connectivity index (χ2v) is 8.70. The summed E-state index contributed by atoms with van der Waals surface area (Å²) in [7, 11) is -3.57. The summed E-state index contributed by atoms with van der Waals surface area (Å²) in [6, 6.07) is 18.9. The van der Waals surface area contributed by atoms with Crippen molar-refractivity contribution in [3.05, 3.63) is 71.8 Å². The monoisotopic (exact) mass is 394 g/mol. The molecule has 0 radical (unpaired) electrons. The maximum Gasteiger partial charge on any atom is 0.236 e. The van der Waals surface area contributed by atoms with Gasteiger partial charge in [-0.05, 0) is 53.4 Å². The lowest BCUT2D eigenvalue weighted by Gasteiger charge is -2.28. The summed E-state index contributed by atoms with van der Waals surface area (Å²) in [5, 5.41) is 1.96. The Morgan fingerprint density at radius 3 is 2.61 bits per heavy atom. The van der Waals surface area contributed by atoms with Crippen molar-refractivity contribution in [1.29, 1.82) is 0 Å². The third kappa shape index (κ3) is 3.60. The molecule has 0 fully saturated rings. The van der Waals surface area contributed by atoms with Crippen LogP contribution in [0.2, 0.25) is 0 Å². The van der Waals surface area contributed by atoms with Crippen molar-refractivity contribution >= 4 is 38.1 Å². The highest BCUT2D eigenvalue weighted by Crippen LogP contribution is 2.31. The first-order valence-electron chi connectivity index (χ1n) is 9.37. The number of anilines is 2. The van der Waals surface area contributed by atoms with E-state index in [9.17, 15) is 13.2 Å². The first-order chi connectivity index (χ1) is 13.5. The fourth-order valence-electron chi connectivity index (χ4n) is 3.81. The number of nitrogens with one attached hydrogen (secondary N) is 1. The summed E-state index contributed by atoms with van der Waals surface area (Å²) in [6.07, 6.45) is 1.08. The van der Waals surface area contributed by atoms with Crippen molar-refractivity contribution in [2.75, 3.05) is 16.2 Å². The molecule has 4 rings (SSSR count). The van der Waals surface area contributed by atoms with E-state index in [1.807, 2.05) is 61.5 Å². The van der Waals surface area contributed by atoms with E-state index in [2.05, 4.69) is 4.72 Å². The largest absolute Gasteiger partial charge is 0.312 e.